The predicted molar refractivity (Wildman–Crippen MR) is 86.5 cm³/mol. The number of amides is 1. The van der Waals surface area contributed by atoms with E-state index in [-0.39, 0.29) is 23.8 Å². The first-order chi connectivity index (χ1) is 11.6. The lowest BCUT2D eigenvalue weighted by molar-refractivity contribution is -0.0709. The molecule has 8 nitrogen and oxygen atoms in total. The second kappa shape index (κ2) is 7.14. The topological polar surface area (TPSA) is 85.4 Å². The van der Waals surface area contributed by atoms with Crippen LogP contribution in [-0.2, 0) is 11.8 Å². The lowest BCUT2D eigenvalue weighted by Crippen LogP contribution is -2.50. The van der Waals surface area contributed by atoms with Gasteiger partial charge in [0.15, 0.2) is 0 Å². The quantitative estimate of drug-likeness (QED) is 0.875. The lowest BCUT2D eigenvalue weighted by Gasteiger charge is -2.40. The molecule has 0 saturated carbocycles. The zero-order chi connectivity index (χ0) is 17.1. The molecule has 2 atom stereocenters. The van der Waals surface area contributed by atoms with Crippen molar-refractivity contribution in [1.82, 2.24) is 25.2 Å². The number of carbonyl (C=O) groups is 1. The lowest BCUT2D eigenvalue weighted by atomic mass is 10.0. The molecule has 3 heterocycles. The van der Waals surface area contributed by atoms with E-state index in [1.807, 2.05) is 17.8 Å². The highest BCUT2D eigenvalue weighted by molar-refractivity contribution is 5.91. The largest absolute Gasteiger partial charge is 0.373 e. The van der Waals surface area contributed by atoms with Gasteiger partial charge in [-0.05, 0) is 19.5 Å². The van der Waals surface area contributed by atoms with Gasteiger partial charge in [0.25, 0.3) is 5.91 Å². The minimum atomic E-state index is -0.281. The van der Waals surface area contributed by atoms with Crippen LogP contribution in [0, 0.1) is 6.92 Å². The molecule has 1 N–H and O–H groups in total. The van der Waals surface area contributed by atoms with Crippen LogP contribution in [0.2, 0.25) is 0 Å². The molecule has 0 spiro atoms. The van der Waals surface area contributed by atoms with Crippen LogP contribution in [0.4, 0.5) is 0 Å². The number of morpholine rings is 1. The fourth-order valence-corrected chi connectivity index (χ4v) is 3.11. The summed E-state index contributed by atoms with van der Waals surface area (Å²) in [6, 6.07) is 3.66. The third-order valence-electron chi connectivity index (χ3n) is 4.34. The second-order valence-corrected chi connectivity index (χ2v) is 5.90. The van der Waals surface area contributed by atoms with Crippen molar-refractivity contribution in [2.45, 2.75) is 26.0 Å². The van der Waals surface area contributed by atoms with Crippen molar-refractivity contribution in [3.05, 3.63) is 35.5 Å². The van der Waals surface area contributed by atoms with Gasteiger partial charge in [0.1, 0.15) is 0 Å². The van der Waals surface area contributed by atoms with E-state index in [4.69, 9.17) is 9.26 Å². The van der Waals surface area contributed by atoms with E-state index < -0.39 is 0 Å². The Morgan fingerprint density at radius 2 is 2.33 bits per heavy atom. The molecule has 0 aromatic carbocycles. The van der Waals surface area contributed by atoms with Crippen LogP contribution in [0.1, 0.15) is 34.9 Å². The maximum absolute atomic E-state index is 12.2. The summed E-state index contributed by atoms with van der Waals surface area (Å²) >= 11 is 0. The Bertz CT molecular complexity index is 695. The summed E-state index contributed by atoms with van der Waals surface area (Å²) in [6.07, 6.45) is 1.63. The molecule has 1 aliphatic heterocycles. The Balaban J connectivity index is 1.72. The summed E-state index contributed by atoms with van der Waals surface area (Å²) in [5, 5.41) is 10.9. The third kappa shape index (κ3) is 3.34. The van der Waals surface area contributed by atoms with E-state index in [0.717, 1.165) is 18.8 Å². The van der Waals surface area contributed by atoms with Crippen LogP contribution in [0.25, 0.3) is 0 Å². The number of hydrogen-bond donors (Lipinski definition) is 1. The Morgan fingerprint density at radius 3 is 2.96 bits per heavy atom. The van der Waals surface area contributed by atoms with Gasteiger partial charge >= 0.3 is 0 Å². The first-order valence-electron chi connectivity index (χ1n) is 8.15. The van der Waals surface area contributed by atoms with Crippen LogP contribution in [0.3, 0.4) is 0 Å². The molecule has 130 valence electrons. The SMILES string of the molecule is CCN1CCO[C@@H](CNC(=O)c2cc(C)no2)[C@@H]1c1ccnn1C. The third-order valence-corrected chi connectivity index (χ3v) is 4.34. The summed E-state index contributed by atoms with van der Waals surface area (Å²) in [4.78, 5) is 14.5. The minimum absolute atomic E-state index is 0.0491. The number of likely N-dealkylation sites (N-methyl/N-ethyl adjacent to an activating group) is 1. The molecule has 0 unspecified atom stereocenters. The monoisotopic (exact) mass is 333 g/mol. The highest BCUT2D eigenvalue weighted by Crippen LogP contribution is 2.28. The van der Waals surface area contributed by atoms with Crippen LogP contribution in [-0.4, -0.2) is 58.1 Å². The van der Waals surface area contributed by atoms with E-state index in [1.54, 1.807) is 19.2 Å². The molecule has 3 rings (SSSR count). The summed E-state index contributed by atoms with van der Waals surface area (Å²) < 4.78 is 12.8. The molecule has 0 radical (unpaired) electrons. The standard InChI is InChI=1S/C16H23N5O3/c1-4-21-7-8-23-14(15(21)12-5-6-18-20(12)3)10-17-16(22)13-9-11(2)19-24-13/h5-6,9,14-15H,4,7-8,10H2,1-3H3,(H,17,22)/t14-,15-/m0/s1. The Hall–Kier alpha value is -2.19. The molecule has 2 aromatic heterocycles. The van der Waals surface area contributed by atoms with Crippen LogP contribution in [0.15, 0.2) is 22.9 Å². The fourth-order valence-electron chi connectivity index (χ4n) is 3.11. The van der Waals surface area contributed by atoms with Crippen LogP contribution < -0.4 is 5.32 Å². The molecule has 1 saturated heterocycles. The zero-order valence-electron chi connectivity index (χ0n) is 14.2. The molecule has 8 heteroatoms. The van der Waals surface area contributed by atoms with Crippen molar-refractivity contribution >= 4 is 5.91 Å². The van der Waals surface area contributed by atoms with E-state index >= 15 is 0 Å². The maximum Gasteiger partial charge on any atom is 0.289 e. The molecule has 24 heavy (non-hydrogen) atoms. The average Bonchev–Trinajstić information content (AvgIpc) is 3.20. The van der Waals surface area contributed by atoms with E-state index in [0.29, 0.717) is 18.8 Å². The van der Waals surface area contributed by atoms with Gasteiger partial charge in [0.2, 0.25) is 5.76 Å². The van der Waals surface area contributed by atoms with Gasteiger partial charge in [-0.1, -0.05) is 12.1 Å². The average molecular weight is 333 g/mol. The minimum Gasteiger partial charge on any atom is -0.373 e. The van der Waals surface area contributed by atoms with E-state index in [1.165, 1.54) is 0 Å². The highest BCUT2D eigenvalue weighted by Gasteiger charge is 2.34. The van der Waals surface area contributed by atoms with Crippen molar-refractivity contribution < 1.29 is 14.1 Å². The van der Waals surface area contributed by atoms with Crippen molar-refractivity contribution in [2.24, 2.45) is 7.05 Å². The first-order valence-corrected chi connectivity index (χ1v) is 8.15. The first kappa shape index (κ1) is 16.7. The van der Waals surface area contributed by atoms with Crippen molar-refractivity contribution in [1.29, 1.82) is 0 Å². The molecular formula is C16H23N5O3. The molecule has 1 fully saturated rings. The number of nitrogens with zero attached hydrogens (tertiary/aromatic N) is 4. The Morgan fingerprint density at radius 1 is 1.50 bits per heavy atom. The fraction of sp³-hybridized carbons (Fsp3) is 0.562. The number of aromatic nitrogens is 3. The number of aryl methyl sites for hydroxylation is 2. The summed E-state index contributed by atoms with van der Waals surface area (Å²) in [5.41, 5.74) is 1.75. The Kier molecular flexibility index (Phi) is 4.96. The molecule has 0 bridgehead atoms. The summed E-state index contributed by atoms with van der Waals surface area (Å²) in [7, 11) is 1.92. The number of rotatable bonds is 5. The smallest absolute Gasteiger partial charge is 0.289 e. The van der Waals surface area contributed by atoms with Gasteiger partial charge in [0, 0.05) is 32.4 Å². The number of carbonyl (C=O) groups excluding carboxylic acids is 1. The van der Waals surface area contributed by atoms with E-state index in [9.17, 15) is 4.79 Å². The number of ether oxygens (including phenoxy) is 1. The van der Waals surface area contributed by atoms with Gasteiger partial charge in [-0.3, -0.25) is 14.4 Å². The molecule has 0 aliphatic carbocycles. The predicted octanol–water partition coefficient (Wildman–Crippen LogP) is 0.908. The molecular weight excluding hydrogens is 310 g/mol. The number of nitrogens with one attached hydrogen (secondary N) is 1. The van der Waals surface area contributed by atoms with Gasteiger partial charge in [-0.2, -0.15) is 5.10 Å². The maximum atomic E-state index is 12.2. The van der Waals surface area contributed by atoms with Crippen molar-refractivity contribution in [2.75, 3.05) is 26.2 Å². The highest BCUT2D eigenvalue weighted by atomic mass is 16.5. The van der Waals surface area contributed by atoms with E-state index in [2.05, 4.69) is 27.4 Å². The van der Waals surface area contributed by atoms with Gasteiger partial charge in [-0.25, -0.2) is 0 Å². The van der Waals surface area contributed by atoms with Crippen molar-refractivity contribution in [3.8, 4) is 0 Å². The zero-order valence-corrected chi connectivity index (χ0v) is 14.2. The van der Waals surface area contributed by atoms with Gasteiger partial charge < -0.3 is 14.6 Å². The van der Waals surface area contributed by atoms with Gasteiger partial charge in [-0.15, -0.1) is 0 Å². The molecule has 1 amide bonds. The van der Waals surface area contributed by atoms with Crippen molar-refractivity contribution in [3.63, 3.8) is 0 Å². The summed E-state index contributed by atoms with van der Waals surface area (Å²) in [5.74, 6) is -0.0654. The van der Waals surface area contributed by atoms with Crippen LogP contribution >= 0.6 is 0 Å². The second-order valence-electron chi connectivity index (χ2n) is 5.90. The number of hydrogen-bond acceptors (Lipinski definition) is 6. The molecule has 1 aliphatic rings. The normalized spacial score (nSPS) is 21.8. The molecule has 2 aromatic rings. The van der Waals surface area contributed by atoms with Gasteiger partial charge in [0.05, 0.1) is 30.1 Å². The van der Waals surface area contributed by atoms with Crippen LogP contribution in [0.5, 0.6) is 0 Å². The Labute approximate surface area is 140 Å². The summed E-state index contributed by atoms with van der Waals surface area (Å²) in [6.45, 7) is 6.71.